The van der Waals surface area contributed by atoms with Crippen molar-refractivity contribution in [1.29, 1.82) is 0 Å². The minimum Gasteiger partial charge on any atom is -0.360 e. The molecule has 2 rings (SSSR count). The average Bonchev–Trinajstić information content (AvgIpc) is 2.61. The molecule has 1 aliphatic rings. The van der Waals surface area contributed by atoms with Crippen LogP contribution in [-0.4, -0.2) is 11.7 Å². The van der Waals surface area contributed by atoms with Crippen LogP contribution in [0.2, 0.25) is 0 Å². The Balaban J connectivity index is 2.36. The van der Waals surface area contributed by atoms with E-state index < -0.39 is 0 Å². The van der Waals surface area contributed by atoms with Crippen LogP contribution in [-0.2, 0) is 5.41 Å². The Morgan fingerprint density at radius 2 is 1.93 bits per heavy atom. The fourth-order valence-electron chi connectivity index (χ4n) is 2.66. The van der Waals surface area contributed by atoms with Crippen molar-refractivity contribution in [3.63, 3.8) is 0 Å². The van der Waals surface area contributed by atoms with Crippen LogP contribution in [0.15, 0.2) is 4.52 Å². The van der Waals surface area contributed by atoms with Gasteiger partial charge in [-0.2, -0.15) is 0 Å². The summed E-state index contributed by atoms with van der Waals surface area (Å²) < 4.78 is 5.50. The standard InChI is InChI=1S/C12H20N2O/c1-9-10(2)14-15-11(9)12(8-13)6-4-3-5-7-12/h3-8,13H2,1-2H3. The molecule has 0 bridgehead atoms. The van der Waals surface area contributed by atoms with Crippen LogP contribution in [0.1, 0.15) is 49.1 Å². The van der Waals surface area contributed by atoms with Crippen LogP contribution in [0.4, 0.5) is 0 Å². The molecule has 1 fully saturated rings. The van der Waals surface area contributed by atoms with E-state index in [0.717, 1.165) is 24.3 Å². The number of hydrogen-bond donors (Lipinski definition) is 1. The molecule has 0 aromatic carbocycles. The van der Waals surface area contributed by atoms with Gasteiger partial charge in [0, 0.05) is 17.5 Å². The fourth-order valence-corrected chi connectivity index (χ4v) is 2.66. The second-order valence-electron chi connectivity index (χ2n) is 4.77. The van der Waals surface area contributed by atoms with Gasteiger partial charge in [0.1, 0.15) is 5.76 Å². The fraction of sp³-hybridized carbons (Fsp3) is 0.750. The lowest BCUT2D eigenvalue weighted by atomic mass is 9.71. The summed E-state index contributed by atoms with van der Waals surface area (Å²) in [6, 6.07) is 0. The summed E-state index contributed by atoms with van der Waals surface area (Å²) >= 11 is 0. The summed E-state index contributed by atoms with van der Waals surface area (Å²) in [7, 11) is 0. The molecule has 1 aromatic rings. The lowest BCUT2D eigenvalue weighted by Gasteiger charge is -2.34. The minimum absolute atomic E-state index is 0.0730. The first kappa shape index (κ1) is 10.7. The Hall–Kier alpha value is -0.830. The Labute approximate surface area is 91.0 Å². The van der Waals surface area contributed by atoms with Gasteiger partial charge in [-0.3, -0.25) is 0 Å². The number of nitrogens with two attached hydrogens (primary N) is 1. The molecular formula is C12H20N2O. The van der Waals surface area contributed by atoms with E-state index in [1.54, 1.807) is 0 Å². The van der Waals surface area contributed by atoms with E-state index in [0.29, 0.717) is 6.54 Å². The van der Waals surface area contributed by atoms with Crippen molar-refractivity contribution in [3.8, 4) is 0 Å². The normalized spacial score (nSPS) is 20.5. The third-order valence-electron chi connectivity index (χ3n) is 3.84. The van der Waals surface area contributed by atoms with Gasteiger partial charge in [-0.1, -0.05) is 24.4 Å². The van der Waals surface area contributed by atoms with E-state index in [1.807, 2.05) is 6.92 Å². The summed E-state index contributed by atoms with van der Waals surface area (Å²) in [4.78, 5) is 0. The summed E-state index contributed by atoms with van der Waals surface area (Å²) in [5, 5.41) is 4.05. The molecule has 0 amide bonds. The predicted octanol–water partition coefficient (Wildman–Crippen LogP) is 2.45. The van der Waals surface area contributed by atoms with Crippen molar-refractivity contribution < 1.29 is 4.52 Å². The van der Waals surface area contributed by atoms with Crippen LogP contribution >= 0.6 is 0 Å². The van der Waals surface area contributed by atoms with Gasteiger partial charge in [0.2, 0.25) is 0 Å². The van der Waals surface area contributed by atoms with Crippen LogP contribution < -0.4 is 5.73 Å². The van der Waals surface area contributed by atoms with Gasteiger partial charge in [-0.25, -0.2) is 0 Å². The lowest BCUT2D eigenvalue weighted by molar-refractivity contribution is 0.226. The molecule has 1 aliphatic carbocycles. The van der Waals surface area contributed by atoms with Crippen molar-refractivity contribution in [1.82, 2.24) is 5.16 Å². The summed E-state index contributed by atoms with van der Waals surface area (Å²) in [6.45, 7) is 4.77. The smallest absolute Gasteiger partial charge is 0.147 e. The highest BCUT2D eigenvalue weighted by atomic mass is 16.5. The SMILES string of the molecule is Cc1noc(C2(CN)CCCCC2)c1C. The highest BCUT2D eigenvalue weighted by molar-refractivity contribution is 5.28. The molecule has 1 saturated carbocycles. The molecule has 2 N–H and O–H groups in total. The Morgan fingerprint density at radius 1 is 1.27 bits per heavy atom. The van der Waals surface area contributed by atoms with Crippen molar-refractivity contribution in [2.75, 3.05) is 6.54 Å². The van der Waals surface area contributed by atoms with E-state index in [-0.39, 0.29) is 5.41 Å². The first-order valence-electron chi connectivity index (χ1n) is 5.83. The van der Waals surface area contributed by atoms with Gasteiger partial charge in [-0.05, 0) is 26.7 Å². The molecular weight excluding hydrogens is 188 g/mol. The number of aromatic nitrogens is 1. The van der Waals surface area contributed by atoms with Crippen LogP contribution in [0.3, 0.4) is 0 Å². The maximum atomic E-state index is 5.96. The molecule has 0 atom stereocenters. The van der Waals surface area contributed by atoms with Crippen molar-refractivity contribution in [3.05, 3.63) is 17.0 Å². The summed E-state index contributed by atoms with van der Waals surface area (Å²) in [5.41, 5.74) is 8.23. The van der Waals surface area contributed by atoms with Crippen molar-refractivity contribution in [2.45, 2.75) is 51.4 Å². The highest BCUT2D eigenvalue weighted by Gasteiger charge is 2.37. The number of aryl methyl sites for hydroxylation is 1. The van der Waals surface area contributed by atoms with E-state index in [9.17, 15) is 0 Å². The molecule has 3 nitrogen and oxygen atoms in total. The van der Waals surface area contributed by atoms with Crippen molar-refractivity contribution >= 4 is 0 Å². The van der Waals surface area contributed by atoms with Crippen molar-refractivity contribution in [2.24, 2.45) is 5.73 Å². The molecule has 3 heteroatoms. The molecule has 0 spiro atoms. The molecule has 0 saturated heterocycles. The largest absolute Gasteiger partial charge is 0.360 e. The first-order valence-corrected chi connectivity index (χ1v) is 5.83. The number of hydrogen-bond acceptors (Lipinski definition) is 3. The van der Waals surface area contributed by atoms with Gasteiger partial charge >= 0.3 is 0 Å². The molecule has 15 heavy (non-hydrogen) atoms. The summed E-state index contributed by atoms with van der Waals surface area (Å²) in [6.07, 6.45) is 6.15. The Kier molecular flexibility index (Phi) is 2.83. The molecule has 0 unspecified atom stereocenters. The average molecular weight is 208 g/mol. The first-order chi connectivity index (χ1) is 7.19. The van der Waals surface area contributed by atoms with Gasteiger partial charge in [0.05, 0.1) is 5.69 Å². The molecule has 0 radical (unpaired) electrons. The van der Waals surface area contributed by atoms with Gasteiger partial charge in [0.15, 0.2) is 0 Å². The Bertz CT molecular complexity index is 337. The highest BCUT2D eigenvalue weighted by Crippen LogP contribution is 2.40. The Morgan fingerprint density at radius 3 is 2.40 bits per heavy atom. The maximum Gasteiger partial charge on any atom is 0.147 e. The van der Waals surface area contributed by atoms with E-state index in [2.05, 4.69) is 12.1 Å². The van der Waals surface area contributed by atoms with Gasteiger partial charge in [-0.15, -0.1) is 0 Å². The molecule has 0 aliphatic heterocycles. The molecule has 1 heterocycles. The minimum atomic E-state index is 0.0730. The third kappa shape index (κ3) is 1.69. The van der Waals surface area contributed by atoms with Crippen LogP contribution in [0.5, 0.6) is 0 Å². The quantitative estimate of drug-likeness (QED) is 0.812. The zero-order chi connectivity index (χ0) is 10.9. The topological polar surface area (TPSA) is 52.0 Å². The van der Waals surface area contributed by atoms with E-state index in [1.165, 1.54) is 24.8 Å². The molecule has 1 aromatic heterocycles. The molecule has 84 valence electrons. The zero-order valence-corrected chi connectivity index (χ0v) is 9.68. The second kappa shape index (κ2) is 3.97. The van der Waals surface area contributed by atoms with Crippen LogP contribution in [0.25, 0.3) is 0 Å². The van der Waals surface area contributed by atoms with E-state index >= 15 is 0 Å². The van der Waals surface area contributed by atoms with Gasteiger partial charge < -0.3 is 10.3 Å². The van der Waals surface area contributed by atoms with E-state index in [4.69, 9.17) is 10.3 Å². The lowest BCUT2D eigenvalue weighted by Crippen LogP contribution is -2.37. The zero-order valence-electron chi connectivity index (χ0n) is 9.68. The number of rotatable bonds is 2. The summed E-state index contributed by atoms with van der Waals surface area (Å²) in [5.74, 6) is 1.04. The maximum absolute atomic E-state index is 5.96. The van der Waals surface area contributed by atoms with Gasteiger partial charge in [0.25, 0.3) is 0 Å². The second-order valence-corrected chi connectivity index (χ2v) is 4.77. The number of nitrogens with zero attached hydrogens (tertiary/aromatic N) is 1. The third-order valence-corrected chi connectivity index (χ3v) is 3.84. The predicted molar refractivity (Wildman–Crippen MR) is 59.8 cm³/mol. The van der Waals surface area contributed by atoms with Crippen LogP contribution in [0, 0.1) is 13.8 Å². The monoisotopic (exact) mass is 208 g/mol.